The quantitative estimate of drug-likeness (QED) is 0.630. The van der Waals surface area contributed by atoms with E-state index in [0.29, 0.717) is 31.1 Å². The summed E-state index contributed by atoms with van der Waals surface area (Å²) in [5.74, 6) is 0.412. The summed E-state index contributed by atoms with van der Waals surface area (Å²) in [6.45, 7) is 3.34. The Hall–Kier alpha value is -1.51. The zero-order valence-corrected chi connectivity index (χ0v) is 14.0. The third-order valence-electron chi connectivity index (χ3n) is 3.39. The fourth-order valence-corrected chi connectivity index (χ4v) is 3.52. The summed E-state index contributed by atoms with van der Waals surface area (Å²) in [7, 11) is -0.741. The lowest BCUT2D eigenvalue weighted by Gasteiger charge is -2.19. The fourth-order valence-electron chi connectivity index (χ4n) is 2.07. The first-order chi connectivity index (χ1) is 10.4. The van der Waals surface area contributed by atoms with Crippen LogP contribution in [0.1, 0.15) is 6.92 Å². The highest BCUT2D eigenvalue weighted by Gasteiger charge is 2.23. The van der Waals surface area contributed by atoms with Gasteiger partial charge in [-0.3, -0.25) is 0 Å². The molecule has 0 unspecified atom stereocenters. The van der Waals surface area contributed by atoms with Gasteiger partial charge in [-0.25, -0.2) is 8.42 Å². The highest BCUT2D eigenvalue weighted by atomic mass is 32.2. The number of likely N-dealkylation sites (N-methyl/N-ethyl adjacent to an activating group) is 1. The predicted octanol–water partition coefficient (Wildman–Crippen LogP) is 0.374. The van der Waals surface area contributed by atoms with Crippen LogP contribution in [-0.4, -0.2) is 64.6 Å². The van der Waals surface area contributed by atoms with Crippen LogP contribution in [0.4, 0.5) is 5.69 Å². The van der Waals surface area contributed by atoms with Gasteiger partial charge >= 0.3 is 0 Å². The van der Waals surface area contributed by atoms with E-state index in [0.717, 1.165) is 0 Å². The molecule has 1 rings (SSSR count). The Bertz CT molecular complexity index is 589. The van der Waals surface area contributed by atoms with Gasteiger partial charge in [0.2, 0.25) is 0 Å². The Labute approximate surface area is 131 Å². The number of aliphatic hydroxyl groups excluding tert-OH is 1. The minimum atomic E-state index is -3.56. The summed E-state index contributed by atoms with van der Waals surface area (Å²) < 4.78 is 35.3. The van der Waals surface area contributed by atoms with E-state index in [-0.39, 0.29) is 23.0 Å². The number of benzene rings is 1. The van der Waals surface area contributed by atoms with E-state index >= 15 is 0 Å². The van der Waals surface area contributed by atoms with Crippen LogP contribution in [0.15, 0.2) is 17.0 Å². The maximum Gasteiger partial charge on any atom is 0.183 e. The largest absolute Gasteiger partial charge is 0.495 e. The molecule has 3 N–H and O–H groups in total. The van der Waals surface area contributed by atoms with Gasteiger partial charge in [0.1, 0.15) is 16.4 Å². The molecular weight excluding hydrogens is 308 g/mol. The zero-order chi connectivity index (χ0) is 16.8. The predicted molar refractivity (Wildman–Crippen MR) is 85.2 cm³/mol. The second kappa shape index (κ2) is 8.21. The van der Waals surface area contributed by atoms with Gasteiger partial charge in [-0.15, -0.1) is 0 Å². The average molecular weight is 332 g/mol. The minimum absolute atomic E-state index is 0.00704. The van der Waals surface area contributed by atoms with Crippen LogP contribution in [0.5, 0.6) is 11.5 Å². The molecule has 1 aromatic rings. The highest BCUT2D eigenvalue weighted by Crippen LogP contribution is 2.34. The molecule has 0 atom stereocenters. The molecule has 0 saturated carbocycles. The van der Waals surface area contributed by atoms with E-state index in [4.69, 9.17) is 20.3 Å². The van der Waals surface area contributed by atoms with E-state index in [1.807, 2.05) is 11.8 Å². The van der Waals surface area contributed by atoms with Crippen molar-refractivity contribution in [3.8, 4) is 11.5 Å². The number of aliphatic hydroxyl groups is 1. The Balaban J connectivity index is 3.06. The summed E-state index contributed by atoms with van der Waals surface area (Å²) in [5, 5.41) is 8.95. The van der Waals surface area contributed by atoms with Crippen molar-refractivity contribution in [2.75, 3.05) is 51.9 Å². The van der Waals surface area contributed by atoms with Crippen LogP contribution in [0.2, 0.25) is 0 Å². The number of hydrogen-bond donors (Lipinski definition) is 2. The lowest BCUT2D eigenvalue weighted by Crippen LogP contribution is -2.31. The first-order valence-electron chi connectivity index (χ1n) is 6.97. The Morgan fingerprint density at radius 2 is 1.82 bits per heavy atom. The Morgan fingerprint density at radius 3 is 2.32 bits per heavy atom. The van der Waals surface area contributed by atoms with E-state index in [9.17, 15) is 8.42 Å². The first kappa shape index (κ1) is 18.5. The fraction of sp³-hybridized carbons (Fsp3) is 0.571. The molecule has 0 fully saturated rings. The summed E-state index contributed by atoms with van der Waals surface area (Å²) in [6.07, 6.45) is 0. The topological polar surface area (TPSA) is 102 Å². The van der Waals surface area contributed by atoms with Crippen molar-refractivity contribution < 1.29 is 23.0 Å². The molecule has 0 amide bonds. The number of rotatable bonds is 9. The third-order valence-corrected chi connectivity index (χ3v) is 5.10. The number of methoxy groups -OCH3 is 2. The van der Waals surface area contributed by atoms with Gasteiger partial charge in [0.05, 0.1) is 32.3 Å². The molecule has 0 aliphatic heterocycles. The van der Waals surface area contributed by atoms with Gasteiger partial charge < -0.3 is 25.2 Å². The van der Waals surface area contributed by atoms with E-state index in [1.54, 1.807) is 0 Å². The number of sulfone groups is 1. The molecule has 0 heterocycles. The molecule has 0 aliphatic carbocycles. The molecule has 0 saturated heterocycles. The molecule has 0 spiro atoms. The van der Waals surface area contributed by atoms with Crippen LogP contribution in [0.3, 0.4) is 0 Å². The smallest absolute Gasteiger partial charge is 0.183 e. The van der Waals surface area contributed by atoms with Crippen molar-refractivity contribution in [3.05, 3.63) is 12.1 Å². The van der Waals surface area contributed by atoms with Gasteiger partial charge in [0.15, 0.2) is 9.84 Å². The molecule has 1 aromatic carbocycles. The number of ether oxygens (including phenoxy) is 2. The minimum Gasteiger partial charge on any atom is -0.495 e. The lowest BCUT2D eigenvalue weighted by molar-refractivity contribution is 0.209. The van der Waals surface area contributed by atoms with Crippen LogP contribution >= 0.6 is 0 Å². The molecular formula is C14H24N2O5S. The van der Waals surface area contributed by atoms with Crippen molar-refractivity contribution in [1.29, 1.82) is 0 Å². The van der Waals surface area contributed by atoms with E-state index in [2.05, 4.69) is 0 Å². The maximum absolute atomic E-state index is 12.6. The summed E-state index contributed by atoms with van der Waals surface area (Å²) in [6, 6.07) is 2.82. The second-order valence-corrected chi connectivity index (χ2v) is 6.80. The number of nitrogens with two attached hydrogens (primary N) is 1. The van der Waals surface area contributed by atoms with Gasteiger partial charge in [0.25, 0.3) is 0 Å². The van der Waals surface area contributed by atoms with Crippen molar-refractivity contribution in [1.82, 2.24) is 4.90 Å². The zero-order valence-electron chi connectivity index (χ0n) is 13.2. The van der Waals surface area contributed by atoms with Gasteiger partial charge in [-0.2, -0.15) is 0 Å². The van der Waals surface area contributed by atoms with Gasteiger partial charge in [-0.05, 0) is 6.54 Å². The molecule has 0 aromatic heterocycles. The molecule has 0 aliphatic rings. The monoisotopic (exact) mass is 332 g/mol. The SMILES string of the molecule is CCN(CCO)CCS(=O)(=O)c1cc(OC)c(N)cc1OC. The second-order valence-electron chi connectivity index (χ2n) is 4.72. The normalized spacial score (nSPS) is 11.7. The molecule has 7 nitrogen and oxygen atoms in total. The van der Waals surface area contributed by atoms with Crippen molar-refractivity contribution >= 4 is 15.5 Å². The van der Waals surface area contributed by atoms with Crippen molar-refractivity contribution in [3.63, 3.8) is 0 Å². The number of hydrogen-bond acceptors (Lipinski definition) is 7. The number of nitrogens with zero attached hydrogens (tertiary/aromatic N) is 1. The van der Waals surface area contributed by atoms with Crippen molar-refractivity contribution in [2.24, 2.45) is 0 Å². The van der Waals surface area contributed by atoms with E-state index in [1.165, 1.54) is 26.4 Å². The van der Waals surface area contributed by atoms with Crippen LogP contribution in [-0.2, 0) is 9.84 Å². The van der Waals surface area contributed by atoms with Crippen molar-refractivity contribution in [2.45, 2.75) is 11.8 Å². The third kappa shape index (κ3) is 4.49. The summed E-state index contributed by atoms with van der Waals surface area (Å²) in [5.41, 5.74) is 6.08. The number of anilines is 1. The molecule has 0 bridgehead atoms. The van der Waals surface area contributed by atoms with Crippen LogP contribution < -0.4 is 15.2 Å². The molecule has 22 heavy (non-hydrogen) atoms. The molecule has 0 radical (unpaired) electrons. The number of nitrogen functional groups attached to an aromatic ring is 1. The van der Waals surface area contributed by atoms with Gasteiger partial charge in [-0.1, -0.05) is 6.92 Å². The van der Waals surface area contributed by atoms with E-state index < -0.39 is 9.84 Å². The Morgan fingerprint density at radius 1 is 1.18 bits per heavy atom. The summed E-state index contributed by atoms with van der Waals surface area (Å²) >= 11 is 0. The lowest BCUT2D eigenvalue weighted by atomic mass is 10.3. The maximum atomic E-state index is 12.6. The van der Waals surface area contributed by atoms with Crippen LogP contribution in [0, 0.1) is 0 Å². The Kier molecular flexibility index (Phi) is 6.92. The summed E-state index contributed by atoms with van der Waals surface area (Å²) in [4.78, 5) is 1.92. The van der Waals surface area contributed by atoms with Crippen LogP contribution in [0.25, 0.3) is 0 Å². The standard InChI is InChI=1S/C14H24N2O5S/c1-4-16(5-7-17)6-8-22(18,19)14-10-12(20-2)11(15)9-13(14)21-3/h9-10,17H,4-8,15H2,1-3H3. The molecule has 8 heteroatoms. The van der Waals surface area contributed by atoms with Gasteiger partial charge in [0, 0.05) is 25.2 Å². The average Bonchev–Trinajstić information content (AvgIpc) is 2.50. The highest BCUT2D eigenvalue weighted by molar-refractivity contribution is 7.91. The first-order valence-corrected chi connectivity index (χ1v) is 8.62. The molecule has 126 valence electrons.